The Kier molecular flexibility index (Phi) is 5.86. The van der Waals surface area contributed by atoms with Gasteiger partial charge < -0.3 is 9.13 Å². The summed E-state index contributed by atoms with van der Waals surface area (Å²) in [4.78, 5) is 9.96. The summed E-state index contributed by atoms with van der Waals surface area (Å²) in [7, 11) is 0. The van der Waals surface area contributed by atoms with Gasteiger partial charge in [-0.1, -0.05) is 109 Å². The van der Waals surface area contributed by atoms with Crippen molar-refractivity contribution in [3.05, 3.63) is 170 Å². The zero-order chi connectivity index (χ0) is 33.5. The van der Waals surface area contributed by atoms with Gasteiger partial charge in [0.2, 0.25) is 0 Å². The van der Waals surface area contributed by atoms with Crippen LogP contribution in [0.4, 0.5) is 0 Å². The summed E-state index contributed by atoms with van der Waals surface area (Å²) in [5.74, 6) is 1.21. The third kappa shape index (κ3) is 4.07. The summed E-state index contributed by atoms with van der Waals surface area (Å²) in [6.07, 6.45) is 0. The van der Waals surface area contributed by atoms with Gasteiger partial charge in [-0.25, -0.2) is 4.98 Å². The SMILES string of the molecule is c1ccc(-c2nc3nc(-c4ccc(-n5c6ccccc6c6ccc7c(c8ccccc8n7-c7ccccc7)c65)cc4)nn3c3ccccc23)cc1. The highest BCUT2D eigenvalue weighted by Crippen LogP contribution is 2.42. The molecule has 7 aromatic carbocycles. The van der Waals surface area contributed by atoms with Crippen molar-refractivity contribution in [3.63, 3.8) is 0 Å². The standard InChI is InChI=1S/C45H28N6/c1-3-13-29(14-4-1)42-36-19-9-12-22-39(36)51-45(46-42)47-44(48-51)30-23-25-32(26-24-30)50-37-20-10-7-17-33(37)34-27-28-40-41(43(34)50)35-18-8-11-21-38(35)49(40)31-15-5-2-6-16-31/h1-28H. The lowest BCUT2D eigenvalue weighted by Crippen LogP contribution is -1.97. The number of para-hydroxylation sites is 4. The molecule has 6 nitrogen and oxygen atoms in total. The Morgan fingerprint density at radius 2 is 0.980 bits per heavy atom. The molecule has 11 rings (SSSR count). The molecule has 0 fully saturated rings. The summed E-state index contributed by atoms with van der Waals surface area (Å²) < 4.78 is 6.65. The average Bonchev–Trinajstić information content (AvgIpc) is 3.89. The van der Waals surface area contributed by atoms with Crippen LogP contribution in [0.15, 0.2) is 170 Å². The maximum absolute atomic E-state index is 5.01. The van der Waals surface area contributed by atoms with Crippen LogP contribution in [0.25, 0.3) is 94.3 Å². The highest BCUT2D eigenvalue weighted by molar-refractivity contribution is 6.26. The van der Waals surface area contributed by atoms with Crippen LogP contribution >= 0.6 is 0 Å². The molecule has 0 aliphatic carbocycles. The van der Waals surface area contributed by atoms with Crippen molar-refractivity contribution < 1.29 is 0 Å². The van der Waals surface area contributed by atoms with Gasteiger partial charge in [-0.2, -0.15) is 9.50 Å². The Labute approximate surface area is 292 Å². The van der Waals surface area contributed by atoms with Crippen LogP contribution in [0.1, 0.15) is 0 Å². The summed E-state index contributed by atoms with van der Waals surface area (Å²) in [6, 6.07) is 59.8. The molecule has 0 atom stereocenters. The van der Waals surface area contributed by atoms with Crippen LogP contribution in [0.3, 0.4) is 0 Å². The third-order valence-electron chi connectivity index (χ3n) is 10.1. The maximum Gasteiger partial charge on any atom is 0.253 e. The largest absolute Gasteiger partial charge is 0.309 e. The molecule has 0 spiro atoms. The molecule has 0 N–H and O–H groups in total. The monoisotopic (exact) mass is 652 g/mol. The predicted octanol–water partition coefficient (Wildman–Crippen LogP) is 10.8. The van der Waals surface area contributed by atoms with Crippen LogP contribution in [-0.2, 0) is 0 Å². The number of fused-ring (bicyclic) bond motifs is 10. The molecule has 0 aliphatic heterocycles. The molecule has 6 heteroatoms. The van der Waals surface area contributed by atoms with Crippen molar-refractivity contribution in [2.75, 3.05) is 0 Å². The molecular formula is C45H28N6. The van der Waals surface area contributed by atoms with Crippen LogP contribution < -0.4 is 0 Å². The van der Waals surface area contributed by atoms with E-state index in [1.54, 1.807) is 0 Å². The summed E-state index contributed by atoms with van der Waals surface area (Å²) in [5.41, 5.74) is 10.8. The molecule has 238 valence electrons. The smallest absolute Gasteiger partial charge is 0.253 e. The van der Waals surface area contributed by atoms with Crippen molar-refractivity contribution in [1.29, 1.82) is 0 Å². The van der Waals surface area contributed by atoms with Crippen LogP contribution in [0, 0.1) is 0 Å². The highest BCUT2D eigenvalue weighted by atomic mass is 15.3. The van der Waals surface area contributed by atoms with Gasteiger partial charge in [0, 0.05) is 49.4 Å². The summed E-state index contributed by atoms with van der Waals surface area (Å²) in [5, 5.41) is 10.9. The minimum absolute atomic E-state index is 0.575. The molecule has 0 saturated carbocycles. The molecule has 4 heterocycles. The van der Waals surface area contributed by atoms with E-state index in [0.29, 0.717) is 11.6 Å². The molecule has 0 bridgehead atoms. The second-order valence-corrected chi connectivity index (χ2v) is 12.9. The Bertz CT molecular complexity index is 3120. The van der Waals surface area contributed by atoms with E-state index in [2.05, 4.69) is 149 Å². The van der Waals surface area contributed by atoms with E-state index in [4.69, 9.17) is 15.1 Å². The molecule has 0 unspecified atom stereocenters. The molecule has 11 aromatic rings. The quantitative estimate of drug-likeness (QED) is 0.190. The van der Waals surface area contributed by atoms with Crippen molar-refractivity contribution in [3.8, 4) is 34.0 Å². The topological polar surface area (TPSA) is 52.9 Å². The Hall–Kier alpha value is -7.05. The first-order valence-corrected chi connectivity index (χ1v) is 17.1. The average molecular weight is 653 g/mol. The Morgan fingerprint density at radius 1 is 0.373 bits per heavy atom. The second-order valence-electron chi connectivity index (χ2n) is 12.9. The van der Waals surface area contributed by atoms with E-state index in [-0.39, 0.29) is 0 Å². The zero-order valence-corrected chi connectivity index (χ0v) is 27.3. The minimum Gasteiger partial charge on any atom is -0.309 e. The summed E-state index contributed by atoms with van der Waals surface area (Å²) >= 11 is 0. The fraction of sp³-hybridized carbons (Fsp3) is 0. The number of hydrogen-bond acceptors (Lipinski definition) is 3. The molecule has 0 saturated heterocycles. The van der Waals surface area contributed by atoms with Gasteiger partial charge in [-0.05, 0) is 60.7 Å². The second kappa shape index (κ2) is 10.7. The maximum atomic E-state index is 5.01. The third-order valence-corrected chi connectivity index (χ3v) is 10.1. The zero-order valence-electron chi connectivity index (χ0n) is 27.3. The number of hydrogen-bond donors (Lipinski definition) is 0. The van der Waals surface area contributed by atoms with E-state index in [1.807, 2.05) is 34.8 Å². The first kappa shape index (κ1) is 27.9. The minimum atomic E-state index is 0.575. The Balaban J connectivity index is 1.12. The van der Waals surface area contributed by atoms with E-state index in [1.165, 1.54) is 43.6 Å². The van der Waals surface area contributed by atoms with Crippen molar-refractivity contribution in [1.82, 2.24) is 28.7 Å². The lowest BCUT2D eigenvalue weighted by Gasteiger charge is -2.10. The van der Waals surface area contributed by atoms with E-state index < -0.39 is 0 Å². The predicted molar refractivity (Wildman–Crippen MR) is 208 cm³/mol. The lowest BCUT2D eigenvalue weighted by atomic mass is 10.1. The van der Waals surface area contributed by atoms with Gasteiger partial charge in [0.1, 0.15) is 0 Å². The summed E-state index contributed by atoms with van der Waals surface area (Å²) in [6.45, 7) is 0. The van der Waals surface area contributed by atoms with E-state index in [9.17, 15) is 0 Å². The molecule has 4 aromatic heterocycles. The van der Waals surface area contributed by atoms with Crippen molar-refractivity contribution >= 4 is 60.3 Å². The first-order valence-electron chi connectivity index (χ1n) is 17.1. The fourth-order valence-electron chi connectivity index (χ4n) is 7.89. The van der Waals surface area contributed by atoms with Gasteiger partial charge in [-0.15, -0.1) is 5.10 Å². The molecule has 51 heavy (non-hydrogen) atoms. The van der Waals surface area contributed by atoms with Crippen molar-refractivity contribution in [2.45, 2.75) is 0 Å². The van der Waals surface area contributed by atoms with Gasteiger partial charge in [0.05, 0.1) is 33.3 Å². The van der Waals surface area contributed by atoms with E-state index in [0.717, 1.165) is 39.1 Å². The number of benzene rings is 7. The van der Waals surface area contributed by atoms with Gasteiger partial charge in [-0.3, -0.25) is 0 Å². The van der Waals surface area contributed by atoms with Crippen molar-refractivity contribution in [2.24, 2.45) is 0 Å². The van der Waals surface area contributed by atoms with Gasteiger partial charge >= 0.3 is 0 Å². The van der Waals surface area contributed by atoms with E-state index >= 15 is 0 Å². The van der Waals surface area contributed by atoms with Crippen LogP contribution in [0.2, 0.25) is 0 Å². The lowest BCUT2D eigenvalue weighted by molar-refractivity contribution is 0.988. The first-order chi connectivity index (χ1) is 25.3. The molecule has 0 amide bonds. The molecule has 0 radical (unpaired) electrons. The van der Waals surface area contributed by atoms with Gasteiger partial charge in [0.15, 0.2) is 5.82 Å². The number of nitrogens with zero attached hydrogens (tertiary/aromatic N) is 6. The molecule has 0 aliphatic rings. The highest BCUT2D eigenvalue weighted by Gasteiger charge is 2.21. The van der Waals surface area contributed by atoms with Crippen LogP contribution in [0.5, 0.6) is 0 Å². The Morgan fingerprint density at radius 3 is 1.75 bits per heavy atom. The number of rotatable bonds is 4. The fourth-order valence-corrected chi connectivity index (χ4v) is 7.89. The van der Waals surface area contributed by atoms with Gasteiger partial charge in [0.25, 0.3) is 5.78 Å². The molecular weight excluding hydrogens is 625 g/mol. The normalized spacial score (nSPS) is 11.9. The number of aromatic nitrogens is 6. The van der Waals surface area contributed by atoms with Crippen LogP contribution in [-0.4, -0.2) is 28.7 Å².